The third-order valence-electron chi connectivity index (χ3n) is 3.51. The highest BCUT2D eigenvalue weighted by Crippen LogP contribution is 2.41. The SMILES string of the molecule is CC(=O)N(c1ccccc1Cl)c1c(O)ccc2ccccc12. The second kappa shape index (κ2) is 5.70. The first-order chi connectivity index (χ1) is 10.6. The highest BCUT2D eigenvalue weighted by atomic mass is 35.5. The number of aromatic hydroxyl groups is 1. The molecule has 0 atom stereocenters. The molecule has 0 bridgehead atoms. The zero-order valence-electron chi connectivity index (χ0n) is 12.0. The molecule has 0 aromatic heterocycles. The number of rotatable bonds is 2. The topological polar surface area (TPSA) is 40.5 Å². The van der Waals surface area contributed by atoms with Crippen molar-refractivity contribution in [3.8, 4) is 5.75 Å². The van der Waals surface area contributed by atoms with Crippen LogP contribution in [-0.2, 0) is 4.79 Å². The van der Waals surface area contributed by atoms with E-state index in [2.05, 4.69) is 0 Å². The van der Waals surface area contributed by atoms with Crippen molar-refractivity contribution in [1.82, 2.24) is 0 Å². The summed E-state index contributed by atoms with van der Waals surface area (Å²) >= 11 is 6.24. The Labute approximate surface area is 133 Å². The fourth-order valence-corrected chi connectivity index (χ4v) is 2.78. The van der Waals surface area contributed by atoms with Gasteiger partial charge in [-0.25, -0.2) is 0 Å². The van der Waals surface area contributed by atoms with Crippen LogP contribution in [0.3, 0.4) is 0 Å². The lowest BCUT2D eigenvalue weighted by Gasteiger charge is -2.24. The number of phenolic OH excluding ortho intramolecular Hbond substituents is 1. The van der Waals surface area contributed by atoms with Gasteiger partial charge in [0.15, 0.2) is 0 Å². The summed E-state index contributed by atoms with van der Waals surface area (Å²) in [5.74, 6) is -0.187. The molecule has 3 aromatic rings. The minimum atomic E-state index is -0.222. The first-order valence-corrected chi connectivity index (χ1v) is 7.23. The number of para-hydroxylation sites is 1. The van der Waals surface area contributed by atoms with E-state index in [4.69, 9.17) is 11.6 Å². The van der Waals surface area contributed by atoms with E-state index in [1.54, 1.807) is 30.3 Å². The van der Waals surface area contributed by atoms with Crippen molar-refractivity contribution in [3.63, 3.8) is 0 Å². The van der Waals surface area contributed by atoms with Gasteiger partial charge in [-0.05, 0) is 23.6 Å². The molecule has 0 radical (unpaired) electrons. The van der Waals surface area contributed by atoms with Crippen molar-refractivity contribution in [1.29, 1.82) is 0 Å². The van der Waals surface area contributed by atoms with Gasteiger partial charge in [0.25, 0.3) is 0 Å². The van der Waals surface area contributed by atoms with Crippen molar-refractivity contribution < 1.29 is 9.90 Å². The van der Waals surface area contributed by atoms with E-state index in [-0.39, 0.29) is 11.7 Å². The summed E-state index contributed by atoms with van der Waals surface area (Å²) in [5.41, 5.74) is 0.988. The molecule has 0 heterocycles. The molecule has 0 saturated heterocycles. The lowest BCUT2D eigenvalue weighted by atomic mass is 10.1. The predicted octanol–water partition coefficient (Wildman–Crippen LogP) is 4.88. The highest BCUT2D eigenvalue weighted by molar-refractivity contribution is 6.34. The van der Waals surface area contributed by atoms with Gasteiger partial charge in [0.05, 0.1) is 16.4 Å². The Hall–Kier alpha value is -2.52. The molecule has 3 rings (SSSR count). The zero-order chi connectivity index (χ0) is 15.7. The number of carbonyl (C=O) groups excluding carboxylic acids is 1. The Kier molecular flexibility index (Phi) is 3.73. The van der Waals surface area contributed by atoms with Crippen LogP contribution in [0.15, 0.2) is 60.7 Å². The van der Waals surface area contributed by atoms with Crippen LogP contribution >= 0.6 is 11.6 Å². The standard InChI is InChI=1S/C18H14ClNO2/c1-12(21)20(16-9-5-4-8-15(16)19)18-14-7-3-2-6-13(14)10-11-17(18)22/h2-11,22H,1H3. The van der Waals surface area contributed by atoms with E-state index in [1.807, 2.05) is 30.3 Å². The summed E-state index contributed by atoms with van der Waals surface area (Å²) in [6, 6.07) is 18.1. The van der Waals surface area contributed by atoms with Crippen molar-refractivity contribution in [2.24, 2.45) is 0 Å². The molecule has 1 N–H and O–H groups in total. The van der Waals surface area contributed by atoms with E-state index < -0.39 is 0 Å². The van der Waals surface area contributed by atoms with E-state index in [9.17, 15) is 9.90 Å². The Bertz CT molecular complexity index is 861. The monoisotopic (exact) mass is 311 g/mol. The first kappa shape index (κ1) is 14.4. The van der Waals surface area contributed by atoms with E-state index in [0.717, 1.165) is 10.8 Å². The van der Waals surface area contributed by atoms with Gasteiger partial charge >= 0.3 is 0 Å². The minimum Gasteiger partial charge on any atom is -0.506 e. The second-order valence-corrected chi connectivity index (χ2v) is 5.37. The van der Waals surface area contributed by atoms with Gasteiger partial charge < -0.3 is 5.11 Å². The fraction of sp³-hybridized carbons (Fsp3) is 0.0556. The fourth-order valence-electron chi connectivity index (χ4n) is 2.56. The van der Waals surface area contributed by atoms with E-state index in [0.29, 0.717) is 16.4 Å². The van der Waals surface area contributed by atoms with Gasteiger partial charge in [-0.15, -0.1) is 0 Å². The number of hydrogen-bond donors (Lipinski definition) is 1. The van der Waals surface area contributed by atoms with Gasteiger partial charge in [-0.3, -0.25) is 9.69 Å². The van der Waals surface area contributed by atoms with Crippen LogP contribution in [0.4, 0.5) is 11.4 Å². The third kappa shape index (κ3) is 2.40. The molecule has 22 heavy (non-hydrogen) atoms. The smallest absolute Gasteiger partial charge is 0.228 e. The maximum absolute atomic E-state index is 12.2. The van der Waals surface area contributed by atoms with Crippen LogP contribution in [0.1, 0.15) is 6.92 Å². The Morgan fingerprint density at radius 1 is 1.00 bits per heavy atom. The predicted molar refractivity (Wildman–Crippen MR) is 89.9 cm³/mol. The number of amides is 1. The molecule has 0 aliphatic heterocycles. The number of benzene rings is 3. The average molecular weight is 312 g/mol. The summed E-state index contributed by atoms with van der Waals surface area (Å²) in [6.45, 7) is 1.45. The van der Waals surface area contributed by atoms with Crippen molar-refractivity contribution >= 4 is 39.7 Å². The van der Waals surface area contributed by atoms with Gasteiger partial charge in [0, 0.05) is 12.3 Å². The third-order valence-corrected chi connectivity index (χ3v) is 3.83. The summed E-state index contributed by atoms with van der Waals surface area (Å²) in [5, 5.41) is 12.5. The zero-order valence-corrected chi connectivity index (χ0v) is 12.7. The summed E-state index contributed by atoms with van der Waals surface area (Å²) in [7, 11) is 0. The van der Waals surface area contributed by atoms with E-state index in [1.165, 1.54) is 11.8 Å². The number of phenols is 1. The molecule has 0 fully saturated rings. The number of fused-ring (bicyclic) bond motifs is 1. The van der Waals surface area contributed by atoms with Crippen molar-refractivity contribution in [2.45, 2.75) is 6.92 Å². The van der Waals surface area contributed by atoms with Crippen LogP contribution < -0.4 is 4.90 Å². The Balaban J connectivity index is 2.33. The molecular weight excluding hydrogens is 298 g/mol. The normalized spacial score (nSPS) is 10.6. The maximum atomic E-state index is 12.2. The minimum absolute atomic E-state index is 0.0359. The number of carbonyl (C=O) groups is 1. The molecule has 0 saturated carbocycles. The quantitative estimate of drug-likeness (QED) is 0.732. The number of hydrogen-bond acceptors (Lipinski definition) is 2. The molecule has 4 heteroatoms. The van der Waals surface area contributed by atoms with Crippen LogP contribution in [0.5, 0.6) is 5.75 Å². The number of nitrogens with zero attached hydrogens (tertiary/aromatic N) is 1. The van der Waals surface area contributed by atoms with Crippen LogP contribution in [-0.4, -0.2) is 11.0 Å². The van der Waals surface area contributed by atoms with Crippen molar-refractivity contribution in [3.05, 3.63) is 65.7 Å². The summed E-state index contributed by atoms with van der Waals surface area (Å²) in [6.07, 6.45) is 0. The molecule has 0 aliphatic carbocycles. The van der Waals surface area contributed by atoms with Gasteiger partial charge in [-0.2, -0.15) is 0 Å². The average Bonchev–Trinajstić information content (AvgIpc) is 2.51. The van der Waals surface area contributed by atoms with Crippen LogP contribution in [0.2, 0.25) is 5.02 Å². The first-order valence-electron chi connectivity index (χ1n) is 6.85. The van der Waals surface area contributed by atoms with Crippen LogP contribution in [0, 0.1) is 0 Å². The molecule has 0 unspecified atom stereocenters. The van der Waals surface area contributed by atoms with E-state index >= 15 is 0 Å². The van der Waals surface area contributed by atoms with Gasteiger partial charge in [0.2, 0.25) is 5.91 Å². The Morgan fingerprint density at radius 3 is 2.41 bits per heavy atom. The molecule has 0 aliphatic rings. The number of anilines is 2. The highest BCUT2D eigenvalue weighted by Gasteiger charge is 2.22. The number of halogens is 1. The summed E-state index contributed by atoms with van der Waals surface area (Å²) < 4.78 is 0. The molecular formula is C18H14ClNO2. The molecule has 0 spiro atoms. The lowest BCUT2D eigenvalue weighted by Crippen LogP contribution is -2.23. The molecule has 1 amide bonds. The molecule has 3 nitrogen and oxygen atoms in total. The largest absolute Gasteiger partial charge is 0.506 e. The maximum Gasteiger partial charge on any atom is 0.228 e. The molecule has 110 valence electrons. The lowest BCUT2D eigenvalue weighted by molar-refractivity contribution is -0.115. The van der Waals surface area contributed by atoms with Crippen LogP contribution in [0.25, 0.3) is 10.8 Å². The second-order valence-electron chi connectivity index (χ2n) is 4.96. The van der Waals surface area contributed by atoms with Crippen molar-refractivity contribution in [2.75, 3.05) is 4.90 Å². The Morgan fingerprint density at radius 2 is 1.68 bits per heavy atom. The molecule has 3 aromatic carbocycles. The summed E-state index contributed by atoms with van der Waals surface area (Å²) in [4.78, 5) is 13.7. The van der Waals surface area contributed by atoms with Gasteiger partial charge in [0.1, 0.15) is 5.75 Å². The van der Waals surface area contributed by atoms with Gasteiger partial charge in [-0.1, -0.05) is 54.1 Å².